The molecule has 0 aromatic heterocycles. The van der Waals surface area contributed by atoms with Crippen LogP contribution in [0.3, 0.4) is 0 Å². The van der Waals surface area contributed by atoms with Gasteiger partial charge in [-0.25, -0.2) is 0 Å². The molecule has 0 aliphatic carbocycles. The first kappa shape index (κ1) is 14.4. The van der Waals surface area contributed by atoms with Gasteiger partial charge in [-0.1, -0.05) is 13.3 Å². The van der Waals surface area contributed by atoms with Gasteiger partial charge in [-0.05, 0) is 13.3 Å². The van der Waals surface area contributed by atoms with Crippen LogP contribution < -0.4 is 5.32 Å². The largest absolute Gasteiger partial charge is 0.353 e. The normalized spacial score (nSPS) is 22.8. The highest BCUT2D eigenvalue weighted by molar-refractivity contribution is 7.86. The first-order valence-electron chi connectivity index (χ1n) is 5.92. The Hall–Kier alpha value is -0.660. The Balaban J connectivity index is 2.78. The van der Waals surface area contributed by atoms with E-state index in [1.807, 2.05) is 6.92 Å². The summed E-state index contributed by atoms with van der Waals surface area (Å²) in [6.07, 6.45) is 1.76. The van der Waals surface area contributed by atoms with Crippen molar-refractivity contribution in [1.29, 1.82) is 0 Å². The van der Waals surface area contributed by atoms with Gasteiger partial charge in [0, 0.05) is 26.7 Å². The maximum absolute atomic E-state index is 12.2. The number of carbonyl (C=O) groups is 1. The summed E-state index contributed by atoms with van der Waals surface area (Å²) in [5.41, 5.74) is 0. The van der Waals surface area contributed by atoms with Gasteiger partial charge in [-0.2, -0.15) is 17.0 Å². The van der Waals surface area contributed by atoms with Gasteiger partial charge in [-0.15, -0.1) is 0 Å². The fourth-order valence-corrected chi connectivity index (χ4v) is 3.29. The Kier molecular flexibility index (Phi) is 4.91. The van der Waals surface area contributed by atoms with Crippen LogP contribution in [0.15, 0.2) is 0 Å². The summed E-state index contributed by atoms with van der Waals surface area (Å²) in [6, 6.07) is -0.627. The van der Waals surface area contributed by atoms with E-state index >= 15 is 0 Å². The molecule has 1 rings (SSSR count). The number of nitrogens with one attached hydrogen (secondary N) is 1. The number of rotatable bonds is 5. The number of nitrogens with zero attached hydrogens (tertiary/aromatic N) is 2. The Morgan fingerprint density at radius 3 is 2.76 bits per heavy atom. The molecule has 0 spiro atoms. The van der Waals surface area contributed by atoms with Crippen LogP contribution in [0.4, 0.5) is 0 Å². The molecule has 0 bridgehead atoms. The molecule has 100 valence electrons. The van der Waals surface area contributed by atoms with Crippen LogP contribution in [-0.4, -0.2) is 55.7 Å². The molecule has 1 N–H and O–H groups in total. The summed E-state index contributed by atoms with van der Waals surface area (Å²) in [6.45, 7) is 4.83. The number of hydrogen-bond acceptors (Lipinski definition) is 3. The zero-order valence-electron chi connectivity index (χ0n) is 10.6. The maximum atomic E-state index is 12.2. The molecule has 1 heterocycles. The van der Waals surface area contributed by atoms with Crippen molar-refractivity contribution in [1.82, 2.24) is 13.9 Å². The minimum atomic E-state index is -3.51. The zero-order chi connectivity index (χ0) is 13.1. The minimum absolute atomic E-state index is 0.233. The Morgan fingerprint density at radius 1 is 1.53 bits per heavy atom. The van der Waals surface area contributed by atoms with Crippen molar-refractivity contribution >= 4 is 16.1 Å². The summed E-state index contributed by atoms with van der Waals surface area (Å²) >= 11 is 0. The van der Waals surface area contributed by atoms with Crippen molar-refractivity contribution in [3.8, 4) is 0 Å². The highest BCUT2D eigenvalue weighted by atomic mass is 32.2. The second-order valence-corrected chi connectivity index (χ2v) is 6.25. The predicted octanol–water partition coefficient (Wildman–Crippen LogP) is -0.217. The van der Waals surface area contributed by atoms with E-state index in [1.54, 1.807) is 14.0 Å². The highest BCUT2D eigenvalue weighted by Gasteiger charge is 2.36. The lowest BCUT2D eigenvalue weighted by Gasteiger charge is -2.34. The molecule has 1 aliphatic rings. The predicted molar refractivity (Wildman–Crippen MR) is 65.6 cm³/mol. The van der Waals surface area contributed by atoms with Crippen LogP contribution in [-0.2, 0) is 15.0 Å². The number of carbonyl (C=O) groups excluding carboxylic acids is 1. The number of unbranched alkanes of at least 4 members (excludes halogenated alkanes) is 1. The molecule has 0 saturated carbocycles. The quantitative estimate of drug-likeness (QED) is 0.746. The van der Waals surface area contributed by atoms with E-state index in [2.05, 4.69) is 5.32 Å². The van der Waals surface area contributed by atoms with E-state index in [0.717, 1.165) is 12.8 Å². The SMILES string of the molecule is CCCCN(C)S(=O)(=O)N1CCNC(=O)C1C. The topological polar surface area (TPSA) is 69.7 Å². The van der Waals surface area contributed by atoms with Crippen LogP contribution in [0.2, 0.25) is 0 Å². The lowest BCUT2D eigenvalue weighted by molar-refractivity contribution is -0.126. The summed E-state index contributed by atoms with van der Waals surface area (Å²) in [7, 11) is -1.95. The zero-order valence-corrected chi connectivity index (χ0v) is 11.5. The number of hydrogen-bond donors (Lipinski definition) is 1. The standard InChI is InChI=1S/C10H21N3O3S/c1-4-5-7-12(3)17(15,16)13-8-6-11-10(14)9(13)2/h9H,4-8H2,1-3H3,(H,11,14). The van der Waals surface area contributed by atoms with Gasteiger partial charge in [0.2, 0.25) is 5.91 Å². The van der Waals surface area contributed by atoms with Crippen LogP contribution in [0.5, 0.6) is 0 Å². The van der Waals surface area contributed by atoms with E-state index in [9.17, 15) is 13.2 Å². The second-order valence-electron chi connectivity index (χ2n) is 4.26. The molecule has 1 aliphatic heterocycles. The minimum Gasteiger partial charge on any atom is -0.353 e. The van der Waals surface area contributed by atoms with Crippen molar-refractivity contribution in [2.24, 2.45) is 0 Å². The molecular weight excluding hydrogens is 242 g/mol. The van der Waals surface area contributed by atoms with Crippen LogP contribution in [0.1, 0.15) is 26.7 Å². The smallest absolute Gasteiger partial charge is 0.282 e. The van der Waals surface area contributed by atoms with Gasteiger partial charge in [0.15, 0.2) is 0 Å². The highest BCUT2D eigenvalue weighted by Crippen LogP contribution is 2.14. The molecule has 1 unspecified atom stereocenters. The third-order valence-corrected chi connectivity index (χ3v) is 5.02. The fourth-order valence-electron chi connectivity index (χ4n) is 1.75. The number of piperazine rings is 1. The van der Waals surface area contributed by atoms with Crippen molar-refractivity contribution in [3.63, 3.8) is 0 Å². The van der Waals surface area contributed by atoms with Crippen molar-refractivity contribution in [2.45, 2.75) is 32.7 Å². The van der Waals surface area contributed by atoms with E-state index < -0.39 is 16.3 Å². The Labute approximate surface area is 103 Å². The van der Waals surface area contributed by atoms with Gasteiger partial charge < -0.3 is 5.32 Å². The van der Waals surface area contributed by atoms with Crippen molar-refractivity contribution < 1.29 is 13.2 Å². The summed E-state index contributed by atoms with van der Waals surface area (Å²) in [4.78, 5) is 11.5. The van der Waals surface area contributed by atoms with Crippen LogP contribution >= 0.6 is 0 Å². The van der Waals surface area contributed by atoms with E-state index in [-0.39, 0.29) is 5.91 Å². The molecule has 0 aromatic carbocycles. The lowest BCUT2D eigenvalue weighted by Crippen LogP contribution is -2.58. The van der Waals surface area contributed by atoms with Gasteiger partial charge in [0.05, 0.1) is 0 Å². The van der Waals surface area contributed by atoms with Gasteiger partial charge >= 0.3 is 0 Å². The van der Waals surface area contributed by atoms with Crippen molar-refractivity contribution in [2.75, 3.05) is 26.7 Å². The summed E-state index contributed by atoms with van der Waals surface area (Å²) in [5, 5.41) is 2.65. The fraction of sp³-hybridized carbons (Fsp3) is 0.900. The molecule has 1 amide bonds. The average molecular weight is 263 g/mol. The molecule has 0 aromatic rings. The van der Waals surface area contributed by atoms with Crippen LogP contribution in [0, 0.1) is 0 Å². The molecule has 6 nitrogen and oxygen atoms in total. The van der Waals surface area contributed by atoms with E-state index in [0.29, 0.717) is 19.6 Å². The van der Waals surface area contributed by atoms with Gasteiger partial charge in [0.1, 0.15) is 6.04 Å². The third kappa shape index (κ3) is 3.17. The van der Waals surface area contributed by atoms with Gasteiger partial charge in [-0.3, -0.25) is 4.79 Å². The Bertz CT molecular complexity index is 369. The molecule has 1 atom stereocenters. The first-order valence-corrected chi connectivity index (χ1v) is 7.31. The summed E-state index contributed by atoms with van der Waals surface area (Å²) in [5.74, 6) is -0.233. The Morgan fingerprint density at radius 2 is 2.18 bits per heavy atom. The third-order valence-electron chi connectivity index (χ3n) is 2.96. The average Bonchev–Trinajstić information content (AvgIpc) is 2.29. The summed E-state index contributed by atoms with van der Waals surface area (Å²) < 4.78 is 27.0. The van der Waals surface area contributed by atoms with Crippen LogP contribution in [0.25, 0.3) is 0 Å². The monoisotopic (exact) mass is 263 g/mol. The van der Waals surface area contributed by atoms with Crippen molar-refractivity contribution in [3.05, 3.63) is 0 Å². The lowest BCUT2D eigenvalue weighted by atomic mass is 10.2. The first-order chi connectivity index (χ1) is 7.91. The van der Waals surface area contributed by atoms with E-state index in [4.69, 9.17) is 0 Å². The molecule has 7 heteroatoms. The molecule has 1 saturated heterocycles. The number of amides is 1. The molecule has 1 fully saturated rings. The maximum Gasteiger partial charge on any atom is 0.282 e. The second kappa shape index (κ2) is 5.79. The molecule has 0 radical (unpaired) electrons. The molecular formula is C10H21N3O3S. The van der Waals surface area contributed by atoms with E-state index in [1.165, 1.54) is 8.61 Å². The molecule has 17 heavy (non-hydrogen) atoms. The van der Waals surface area contributed by atoms with Gasteiger partial charge in [0.25, 0.3) is 10.2 Å².